The predicted octanol–water partition coefficient (Wildman–Crippen LogP) is 4.66. The summed E-state index contributed by atoms with van der Waals surface area (Å²) in [7, 11) is -3.80. The number of nitrogens with zero attached hydrogens (tertiary/aromatic N) is 2. The molecule has 4 rings (SSSR count). The minimum absolute atomic E-state index is 0.0256. The van der Waals surface area contributed by atoms with Crippen LogP contribution in [0.5, 0.6) is 5.75 Å². The fraction of sp³-hybridized carbons (Fsp3) is 0.292. The van der Waals surface area contributed by atoms with Crippen LogP contribution in [0.2, 0.25) is 0 Å². The SMILES string of the molecule is CCN(CC)CC(C)Oc1ccc2n[nH]c(S(=O)(=O)c3cccc4ccccc34)c2c1. The topological polar surface area (TPSA) is 75.3 Å². The van der Waals surface area contributed by atoms with Crippen LogP contribution < -0.4 is 4.74 Å². The Bertz CT molecular complexity index is 1300. The Morgan fingerprint density at radius 3 is 2.52 bits per heavy atom. The van der Waals surface area contributed by atoms with Crippen molar-refractivity contribution < 1.29 is 13.2 Å². The molecule has 0 aliphatic rings. The Morgan fingerprint density at radius 1 is 1.00 bits per heavy atom. The number of hydrogen-bond acceptors (Lipinski definition) is 5. The van der Waals surface area contributed by atoms with E-state index in [9.17, 15) is 8.42 Å². The van der Waals surface area contributed by atoms with Gasteiger partial charge in [0.15, 0.2) is 5.03 Å². The first-order valence-corrected chi connectivity index (χ1v) is 12.0. The van der Waals surface area contributed by atoms with Crippen molar-refractivity contribution in [2.45, 2.75) is 36.8 Å². The quantitative estimate of drug-likeness (QED) is 0.434. The molecule has 0 saturated carbocycles. The molecule has 0 spiro atoms. The highest BCUT2D eigenvalue weighted by atomic mass is 32.2. The fourth-order valence-corrected chi connectivity index (χ4v) is 5.47. The number of nitrogens with one attached hydrogen (secondary N) is 1. The zero-order chi connectivity index (χ0) is 22.0. The first-order chi connectivity index (χ1) is 14.9. The van der Waals surface area contributed by atoms with Gasteiger partial charge in [-0.25, -0.2) is 8.42 Å². The van der Waals surface area contributed by atoms with E-state index in [0.717, 1.165) is 25.0 Å². The van der Waals surface area contributed by atoms with Gasteiger partial charge in [-0.15, -0.1) is 0 Å². The van der Waals surface area contributed by atoms with Gasteiger partial charge in [-0.3, -0.25) is 5.10 Å². The van der Waals surface area contributed by atoms with Crippen LogP contribution in [0, 0.1) is 0 Å². The third kappa shape index (κ3) is 4.16. The van der Waals surface area contributed by atoms with Gasteiger partial charge in [-0.05, 0) is 49.7 Å². The average Bonchev–Trinajstić information content (AvgIpc) is 3.21. The van der Waals surface area contributed by atoms with Gasteiger partial charge in [0.2, 0.25) is 9.84 Å². The lowest BCUT2D eigenvalue weighted by atomic mass is 10.1. The second-order valence-electron chi connectivity index (χ2n) is 7.63. The van der Waals surface area contributed by atoms with E-state index in [1.807, 2.05) is 43.3 Å². The predicted molar refractivity (Wildman–Crippen MR) is 123 cm³/mol. The standard InChI is InChI=1S/C24H27N3O3S/c1-4-27(5-2)16-17(3)30-19-13-14-22-21(15-19)24(26-25-22)31(28,29)23-12-8-10-18-9-6-7-11-20(18)23/h6-15,17H,4-5,16H2,1-3H3,(H,25,26). The summed E-state index contributed by atoms with van der Waals surface area (Å²) in [5.74, 6) is 0.628. The maximum Gasteiger partial charge on any atom is 0.224 e. The van der Waals surface area contributed by atoms with E-state index in [1.54, 1.807) is 24.3 Å². The van der Waals surface area contributed by atoms with Crippen LogP contribution in [-0.2, 0) is 9.84 Å². The van der Waals surface area contributed by atoms with Gasteiger partial charge in [0.25, 0.3) is 0 Å². The highest BCUT2D eigenvalue weighted by molar-refractivity contribution is 7.91. The minimum Gasteiger partial charge on any atom is -0.489 e. The zero-order valence-corrected chi connectivity index (χ0v) is 18.8. The van der Waals surface area contributed by atoms with E-state index < -0.39 is 9.84 Å². The molecule has 1 aromatic heterocycles. The summed E-state index contributed by atoms with van der Waals surface area (Å²) in [4.78, 5) is 2.55. The van der Waals surface area contributed by atoms with Crippen LogP contribution in [0.15, 0.2) is 70.6 Å². The molecule has 31 heavy (non-hydrogen) atoms. The molecule has 0 saturated heterocycles. The summed E-state index contributed by atoms with van der Waals surface area (Å²) >= 11 is 0. The van der Waals surface area contributed by atoms with E-state index in [0.29, 0.717) is 22.0 Å². The Balaban J connectivity index is 1.72. The second kappa shape index (κ2) is 8.69. The first kappa shape index (κ1) is 21.3. The Hall–Kier alpha value is -2.90. The van der Waals surface area contributed by atoms with Crippen LogP contribution in [0.1, 0.15) is 20.8 Å². The summed E-state index contributed by atoms with van der Waals surface area (Å²) in [6.07, 6.45) is -0.0256. The fourth-order valence-electron chi connectivity index (χ4n) is 3.90. The molecule has 0 aliphatic carbocycles. The Morgan fingerprint density at radius 2 is 1.74 bits per heavy atom. The molecule has 1 unspecified atom stereocenters. The molecule has 0 bridgehead atoms. The Labute approximate surface area is 182 Å². The molecule has 0 radical (unpaired) electrons. The maximum absolute atomic E-state index is 13.6. The van der Waals surface area contributed by atoms with Crippen molar-refractivity contribution in [1.29, 1.82) is 0 Å². The van der Waals surface area contributed by atoms with Crippen molar-refractivity contribution >= 4 is 31.5 Å². The largest absolute Gasteiger partial charge is 0.489 e. The summed E-state index contributed by atoms with van der Waals surface area (Å²) in [6.45, 7) is 8.98. The first-order valence-electron chi connectivity index (χ1n) is 10.5. The molecule has 1 atom stereocenters. The highest BCUT2D eigenvalue weighted by Gasteiger charge is 2.25. The molecule has 1 heterocycles. The summed E-state index contributed by atoms with van der Waals surface area (Å²) in [5, 5.41) is 9.14. The van der Waals surface area contributed by atoms with Crippen molar-refractivity contribution in [2.24, 2.45) is 0 Å². The lowest BCUT2D eigenvalue weighted by Crippen LogP contribution is -2.33. The lowest BCUT2D eigenvalue weighted by Gasteiger charge is -2.23. The van der Waals surface area contributed by atoms with Crippen LogP contribution in [0.4, 0.5) is 0 Å². The van der Waals surface area contributed by atoms with E-state index in [-0.39, 0.29) is 16.0 Å². The molecule has 0 fully saturated rings. The second-order valence-corrected chi connectivity index (χ2v) is 9.48. The molecular weight excluding hydrogens is 410 g/mol. The van der Waals surface area contributed by atoms with Crippen LogP contribution in [0.3, 0.4) is 0 Å². The van der Waals surface area contributed by atoms with E-state index in [1.165, 1.54) is 0 Å². The molecule has 4 aromatic rings. The van der Waals surface area contributed by atoms with Crippen LogP contribution in [-0.4, -0.2) is 49.3 Å². The zero-order valence-electron chi connectivity index (χ0n) is 18.0. The molecule has 0 amide bonds. The molecule has 3 aromatic carbocycles. The minimum atomic E-state index is -3.80. The number of aromatic nitrogens is 2. The van der Waals surface area contributed by atoms with Crippen LogP contribution in [0.25, 0.3) is 21.7 Å². The van der Waals surface area contributed by atoms with Gasteiger partial charge < -0.3 is 9.64 Å². The van der Waals surface area contributed by atoms with Gasteiger partial charge in [0.1, 0.15) is 11.9 Å². The third-order valence-electron chi connectivity index (χ3n) is 5.55. The average molecular weight is 438 g/mol. The van der Waals surface area contributed by atoms with Crippen molar-refractivity contribution in [2.75, 3.05) is 19.6 Å². The third-order valence-corrected chi connectivity index (χ3v) is 7.33. The number of H-pyrrole nitrogens is 1. The number of aromatic amines is 1. The maximum atomic E-state index is 13.6. The van der Waals surface area contributed by atoms with Gasteiger partial charge in [0, 0.05) is 17.3 Å². The molecule has 7 heteroatoms. The number of sulfone groups is 1. The van der Waals surface area contributed by atoms with Crippen molar-refractivity contribution in [3.05, 3.63) is 60.7 Å². The van der Waals surface area contributed by atoms with Gasteiger partial charge in [0.05, 0.1) is 10.4 Å². The van der Waals surface area contributed by atoms with Crippen LogP contribution >= 0.6 is 0 Å². The number of hydrogen-bond donors (Lipinski definition) is 1. The molecule has 162 valence electrons. The van der Waals surface area contributed by atoms with E-state index >= 15 is 0 Å². The number of rotatable bonds is 8. The molecule has 6 nitrogen and oxygen atoms in total. The summed E-state index contributed by atoms with van der Waals surface area (Å²) in [6, 6.07) is 18.1. The summed E-state index contributed by atoms with van der Waals surface area (Å²) < 4.78 is 33.2. The van der Waals surface area contributed by atoms with Gasteiger partial charge in [-0.2, -0.15) is 5.10 Å². The molecule has 1 N–H and O–H groups in total. The van der Waals surface area contributed by atoms with Crippen molar-refractivity contribution in [1.82, 2.24) is 15.1 Å². The monoisotopic (exact) mass is 437 g/mol. The molecule has 0 aliphatic heterocycles. The lowest BCUT2D eigenvalue weighted by molar-refractivity contribution is 0.153. The van der Waals surface area contributed by atoms with E-state index in [2.05, 4.69) is 28.9 Å². The summed E-state index contributed by atoms with van der Waals surface area (Å²) in [5.41, 5.74) is 0.586. The molecular formula is C24H27N3O3S. The Kier molecular flexibility index (Phi) is 5.98. The van der Waals surface area contributed by atoms with E-state index in [4.69, 9.17) is 4.74 Å². The number of ether oxygens (including phenoxy) is 1. The number of fused-ring (bicyclic) bond motifs is 2. The number of benzene rings is 3. The smallest absolute Gasteiger partial charge is 0.224 e. The van der Waals surface area contributed by atoms with Gasteiger partial charge in [-0.1, -0.05) is 50.2 Å². The van der Waals surface area contributed by atoms with Crippen molar-refractivity contribution in [3.63, 3.8) is 0 Å². The normalized spacial score (nSPS) is 13.2. The number of likely N-dealkylation sites (N-methyl/N-ethyl adjacent to an activating group) is 1. The van der Waals surface area contributed by atoms with Gasteiger partial charge >= 0.3 is 0 Å². The highest BCUT2D eigenvalue weighted by Crippen LogP contribution is 2.32. The van der Waals surface area contributed by atoms with Crippen molar-refractivity contribution in [3.8, 4) is 5.75 Å².